The summed E-state index contributed by atoms with van der Waals surface area (Å²) in [5.74, 6) is 0. The van der Waals surface area contributed by atoms with Crippen molar-refractivity contribution in [3.8, 4) is 0 Å². The summed E-state index contributed by atoms with van der Waals surface area (Å²) in [6, 6.07) is 0. The highest BCUT2D eigenvalue weighted by Crippen LogP contribution is 2.14. The van der Waals surface area contributed by atoms with Gasteiger partial charge in [-0.05, 0) is 0 Å². The first-order valence-electron chi connectivity index (χ1n) is 1.77. The Hall–Kier alpha value is 0.230. The van der Waals surface area contributed by atoms with Gasteiger partial charge in [0.05, 0.1) is 0 Å². The Balaban J connectivity index is 3.11. The quantitative estimate of drug-likeness (QED) is 0.608. The number of ether oxygens (including phenoxy) is 1. The molecule has 1 nitrogen and oxygen atoms in total. The molecule has 5 heteroatoms. The van der Waals surface area contributed by atoms with Crippen molar-refractivity contribution in [2.75, 3.05) is 12.1 Å². The summed E-state index contributed by atoms with van der Waals surface area (Å²) in [7, 11) is 0. The van der Waals surface area contributed by atoms with Crippen LogP contribution in [0.3, 0.4) is 0 Å². The third-order valence-electron chi connectivity index (χ3n) is 0.343. The number of alkyl halides is 4. The van der Waals surface area contributed by atoms with Crippen LogP contribution in [0.2, 0.25) is 0 Å². The van der Waals surface area contributed by atoms with Crippen LogP contribution in [-0.4, -0.2) is 18.3 Å². The van der Waals surface area contributed by atoms with Crippen molar-refractivity contribution in [1.82, 2.24) is 0 Å². The highest BCUT2D eigenvalue weighted by molar-refractivity contribution is 9.09. The number of halogens is 4. The van der Waals surface area contributed by atoms with Crippen molar-refractivity contribution in [1.29, 1.82) is 0 Å². The van der Waals surface area contributed by atoms with Crippen molar-refractivity contribution in [3.63, 3.8) is 0 Å². The van der Waals surface area contributed by atoms with E-state index in [9.17, 15) is 13.2 Å². The topological polar surface area (TPSA) is 9.23 Å². The Morgan fingerprint density at radius 3 is 2.00 bits per heavy atom. The molecule has 0 fully saturated rings. The van der Waals surface area contributed by atoms with Gasteiger partial charge in [0.15, 0.2) is 0 Å². The first kappa shape index (κ1) is 8.23. The maximum atomic E-state index is 11.1. The minimum atomic E-state index is -4.20. The van der Waals surface area contributed by atoms with Gasteiger partial charge in [0.1, 0.15) is 12.1 Å². The zero-order valence-electron chi connectivity index (χ0n) is 3.83. The molecule has 0 aliphatic rings. The van der Waals surface area contributed by atoms with E-state index in [1.54, 1.807) is 0 Å². The first-order chi connectivity index (χ1) is 3.56. The first-order valence-corrected chi connectivity index (χ1v) is 2.89. The summed E-state index contributed by atoms with van der Waals surface area (Å²) in [5, 5.41) is 0. The lowest BCUT2D eigenvalue weighted by molar-refractivity contribution is -0.168. The molecule has 0 bridgehead atoms. The molecule has 0 saturated carbocycles. The number of hydrogen-bond donors (Lipinski definition) is 0. The van der Waals surface area contributed by atoms with Crippen LogP contribution in [0.5, 0.6) is 0 Å². The summed E-state index contributed by atoms with van der Waals surface area (Å²) in [6.45, 7) is -1.18. The SMILES string of the molecule is FC(F)(F)COCBr. The van der Waals surface area contributed by atoms with Crippen molar-refractivity contribution in [2.45, 2.75) is 6.18 Å². The average molecular weight is 193 g/mol. The molecule has 0 atom stereocenters. The third kappa shape index (κ3) is 6.23. The molecule has 0 saturated heterocycles. The molecule has 0 aliphatic carbocycles. The Morgan fingerprint density at radius 1 is 1.38 bits per heavy atom. The summed E-state index contributed by atoms with van der Waals surface area (Å²) >= 11 is 2.68. The monoisotopic (exact) mass is 192 g/mol. The van der Waals surface area contributed by atoms with Gasteiger partial charge < -0.3 is 4.74 Å². The van der Waals surface area contributed by atoms with E-state index >= 15 is 0 Å². The molecule has 8 heavy (non-hydrogen) atoms. The Bertz CT molecular complexity index is 62.0. The summed E-state index contributed by atoms with van der Waals surface area (Å²) in [4.78, 5) is 0. The Kier molecular flexibility index (Phi) is 3.39. The maximum absolute atomic E-state index is 11.1. The van der Waals surface area contributed by atoms with Crippen LogP contribution in [0.4, 0.5) is 13.2 Å². The molecule has 0 unspecified atom stereocenters. The largest absolute Gasteiger partial charge is 0.411 e. The molecule has 0 aromatic carbocycles. The molecule has 0 radical (unpaired) electrons. The van der Waals surface area contributed by atoms with Crippen molar-refractivity contribution in [3.05, 3.63) is 0 Å². The lowest BCUT2D eigenvalue weighted by Gasteiger charge is -2.02. The van der Waals surface area contributed by atoms with E-state index in [-0.39, 0.29) is 5.52 Å². The third-order valence-corrected chi connectivity index (χ3v) is 0.667. The van der Waals surface area contributed by atoms with E-state index in [4.69, 9.17) is 0 Å². The fraction of sp³-hybridized carbons (Fsp3) is 1.00. The minimum absolute atomic E-state index is 0.0769. The molecule has 0 amide bonds. The van der Waals surface area contributed by atoms with Gasteiger partial charge in [-0.15, -0.1) is 0 Å². The predicted octanol–water partition coefficient (Wildman–Crippen LogP) is 1.92. The molecule has 0 aromatic heterocycles. The molecule has 0 rings (SSSR count). The van der Waals surface area contributed by atoms with E-state index < -0.39 is 12.8 Å². The number of hydrogen-bond acceptors (Lipinski definition) is 1. The molecule has 50 valence electrons. The van der Waals surface area contributed by atoms with Crippen LogP contribution in [-0.2, 0) is 4.74 Å². The maximum Gasteiger partial charge on any atom is 0.411 e. The van der Waals surface area contributed by atoms with Crippen LogP contribution < -0.4 is 0 Å². The Labute approximate surface area is 52.9 Å². The Morgan fingerprint density at radius 2 is 1.88 bits per heavy atom. The standard InChI is InChI=1S/C3H4BrF3O/c4-2-8-1-3(5,6)7/h1-2H2. The number of rotatable bonds is 2. The van der Waals surface area contributed by atoms with Crippen LogP contribution >= 0.6 is 15.9 Å². The second kappa shape index (κ2) is 3.29. The smallest absolute Gasteiger partial charge is 0.361 e. The van der Waals surface area contributed by atoms with E-state index in [1.807, 2.05) is 0 Å². The van der Waals surface area contributed by atoms with E-state index in [0.717, 1.165) is 0 Å². The molecule has 0 N–H and O–H groups in total. The highest BCUT2D eigenvalue weighted by atomic mass is 79.9. The predicted molar refractivity (Wildman–Crippen MR) is 25.8 cm³/mol. The molecule has 0 aromatic rings. The molecule has 0 spiro atoms. The van der Waals surface area contributed by atoms with Gasteiger partial charge in [0.25, 0.3) is 0 Å². The van der Waals surface area contributed by atoms with Gasteiger partial charge in [-0.2, -0.15) is 13.2 Å². The van der Waals surface area contributed by atoms with Crippen LogP contribution in [0, 0.1) is 0 Å². The van der Waals surface area contributed by atoms with E-state index in [2.05, 4.69) is 20.7 Å². The lowest BCUT2D eigenvalue weighted by Crippen LogP contribution is -2.15. The molecular weight excluding hydrogens is 189 g/mol. The van der Waals surface area contributed by atoms with E-state index in [1.165, 1.54) is 0 Å². The van der Waals surface area contributed by atoms with Gasteiger partial charge in [-0.25, -0.2) is 0 Å². The van der Waals surface area contributed by atoms with Crippen molar-refractivity contribution >= 4 is 15.9 Å². The molecule has 0 aliphatic heterocycles. The minimum Gasteiger partial charge on any atom is -0.361 e. The van der Waals surface area contributed by atoms with Crippen LogP contribution in [0.15, 0.2) is 0 Å². The average Bonchev–Trinajstić information content (AvgIpc) is 1.59. The van der Waals surface area contributed by atoms with Gasteiger partial charge in [0, 0.05) is 0 Å². The van der Waals surface area contributed by atoms with Gasteiger partial charge >= 0.3 is 6.18 Å². The van der Waals surface area contributed by atoms with Gasteiger partial charge in [-0.3, -0.25) is 0 Å². The zero-order chi connectivity index (χ0) is 6.62. The fourth-order valence-corrected chi connectivity index (χ4v) is 0.316. The second-order valence-corrected chi connectivity index (χ2v) is 1.53. The van der Waals surface area contributed by atoms with Gasteiger partial charge in [0.2, 0.25) is 0 Å². The second-order valence-electron chi connectivity index (χ2n) is 1.07. The summed E-state index contributed by atoms with van der Waals surface area (Å²) in [6.07, 6.45) is -4.20. The summed E-state index contributed by atoms with van der Waals surface area (Å²) < 4.78 is 37.3. The summed E-state index contributed by atoms with van der Waals surface area (Å²) in [5.41, 5.74) is -0.0769. The van der Waals surface area contributed by atoms with Crippen LogP contribution in [0.1, 0.15) is 0 Å². The van der Waals surface area contributed by atoms with E-state index in [0.29, 0.717) is 0 Å². The fourth-order valence-electron chi connectivity index (χ4n) is 0.154. The molecular formula is C3H4BrF3O. The normalized spacial score (nSPS) is 12.0. The van der Waals surface area contributed by atoms with Crippen LogP contribution in [0.25, 0.3) is 0 Å². The lowest BCUT2D eigenvalue weighted by atomic mass is 10.7. The highest BCUT2D eigenvalue weighted by Gasteiger charge is 2.26. The zero-order valence-corrected chi connectivity index (χ0v) is 5.42. The van der Waals surface area contributed by atoms with Crippen molar-refractivity contribution in [2.24, 2.45) is 0 Å². The van der Waals surface area contributed by atoms with Gasteiger partial charge in [-0.1, -0.05) is 15.9 Å². The van der Waals surface area contributed by atoms with Crippen molar-refractivity contribution < 1.29 is 17.9 Å². The molecule has 0 heterocycles.